The lowest BCUT2D eigenvalue weighted by Crippen LogP contribution is -2.54. The van der Waals surface area contributed by atoms with Crippen LogP contribution >= 0.6 is 12.6 Å². The van der Waals surface area contributed by atoms with Crippen LogP contribution in [0.3, 0.4) is 0 Å². The van der Waals surface area contributed by atoms with Gasteiger partial charge >= 0.3 is 0 Å². The first-order valence-corrected chi connectivity index (χ1v) is 14.1. The minimum Gasteiger partial charge on any atom is -0.381 e. The normalized spacial score (nSPS) is 16.4. The first kappa shape index (κ1) is 30.4. The maximum atomic E-state index is 13.9. The molecule has 0 spiro atoms. The van der Waals surface area contributed by atoms with Gasteiger partial charge in [-0.05, 0) is 49.9 Å². The Morgan fingerprint density at radius 2 is 1.95 bits per heavy atom. The fourth-order valence-electron chi connectivity index (χ4n) is 4.79. The molecule has 2 atom stereocenters. The number of carbonyl (C=O) groups is 2. The second-order valence-electron chi connectivity index (χ2n) is 9.85. The quantitative estimate of drug-likeness (QED) is 0.210. The first-order valence-electron chi connectivity index (χ1n) is 13.6. The van der Waals surface area contributed by atoms with Gasteiger partial charge in [-0.15, -0.1) is 19.1 Å². The molecule has 1 saturated heterocycles. The minimum atomic E-state index is -0.607. The minimum absolute atomic E-state index is 0.0141. The smallest absolute Gasteiger partial charge is 0.245 e. The summed E-state index contributed by atoms with van der Waals surface area (Å²) >= 11 is 4.53. The van der Waals surface area contributed by atoms with Gasteiger partial charge in [0.2, 0.25) is 11.8 Å². The number of ether oxygens (including phenoxy) is 1. The number of nitrogens with one attached hydrogen (secondary N) is 2. The third kappa shape index (κ3) is 8.43. The van der Waals surface area contributed by atoms with Gasteiger partial charge in [0.15, 0.2) is 0 Å². The maximum Gasteiger partial charge on any atom is 0.245 e. The number of rotatable bonds is 12. The maximum absolute atomic E-state index is 13.9. The standard InChI is InChI=1S/C31H40N4O3S/c1-5-17-35(31(37)29(24-14-19-38-20-15-24)34-28(36)21-22(3)32-4)18-16-33-30(27(39)6-2)26-13-9-11-23-10-7-8-12-25(23)26/h2,7-13,16,22,24,29,32,39H,5,14-15,17-21H2,1,3-4H3,(H,34,36)/b30-27-,33-16?/t22-,29?/m0/s1. The Hall–Kier alpha value is -3.12. The summed E-state index contributed by atoms with van der Waals surface area (Å²) in [7, 11) is 1.82. The van der Waals surface area contributed by atoms with Gasteiger partial charge in [0.25, 0.3) is 0 Å². The average molecular weight is 549 g/mol. The molecule has 208 valence electrons. The Morgan fingerprint density at radius 1 is 1.23 bits per heavy atom. The molecule has 0 radical (unpaired) electrons. The van der Waals surface area contributed by atoms with Crippen molar-refractivity contribution in [1.29, 1.82) is 0 Å². The van der Waals surface area contributed by atoms with Crippen molar-refractivity contribution in [2.24, 2.45) is 10.9 Å². The Bertz CT molecular complexity index is 1220. The van der Waals surface area contributed by atoms with Crippen LogP contribution in [0.2, 0.25) is 0 Å². The van der Waals surface area contributed by atoms with Crippen LogP contribution in [0.25, 0.3) is 16.5 Å². The van der Waals surface area contributed by atoms with Crippen molar-refractivity contribution in [2.45, 2.75) is 51.6 Å². The van der Waals surface area contributed by atoms with E-state index >= 15 is 0 Å². The summed E-state index contributed by atoms with van der Waals surface area (Å²) in [5.74, 6) is 2.39. The summed E-state index contributed by atoms with van der Waals surface area (Å²) in [5.41, 5.74) is 1.46. The Kier molecular flexibility index (Phi) is 12.1. The highest BCUT2D eigenvalue weighted by molar-refractivity contribution is 7.85. The second-order valence-corrected chi connectivity index (χ2v) is 10.3. The van der Waals surface area contributed by atoms with Crippen LogP contribution < -0.4 is 10.6 Å². The summed E-state index contributed by atoms with van der Waals surface area (Å²) in [6.45, 7) is 5.97. The molecule has 1 aliphatic heterocycles. The van der Waals surface area contributed by atoms with Gasteiger partial charge in [-0.3, -0.25) is 14.6 Å². The summed E-state index contributed by atoms with van der Waals surface area (Å²) in [4.78, 5) is 33.6. The van der Waals surface area contributed by atoms with Gasteiger partial charge in [0.1, 0.15) is 6.04 Å². The fourth-order valence-corrected chi connectivity index (χ4v) is 4.97. The van der Waals surface area contributed by atoms with Crippen LogP contribution in [0.4, 0.5) is 0 Å². The number of fused-ring (bicyclic) bond motifs is 1. The topological polar surface area (TPSA) is 83.0 Å². The molecular weight excluding hydrogens is 508 g/mol. The van der Waals surface area contributed by atoms with Crippen molar-refractivity contribution >= 4 is 47.1 Å². The van der Waals surface area contributed by atoms with E-state index in [1.54, 1.807) is 11.1 Å². The summed E-state index contributed by atoms with van der Waals surface area (Å²) in [6.07, 6.45) is 9.96. The number of hydrogen-bond donors (Lipinski definition) is 3. The number of aliphatic imine (C=N–C) groups is 1. The summed E-state index contributed by atoms with van der Waals surface area (Å²) in [6, 6.07) is 13.4. The van der Waals surface area contributed by atoms with Crippen molar-refractivity contribution in [3.8, 4) is 12.3 Å². The summed E-state index contributed by atoms with van der Waals surface area (Å²) in [5, 5.41) is 8.22. The van der Waals surface area contributed by atoms with Gasteiger partial charge in [0.05, 0.1) is 17.1 Å². The largest absolute Gasteiger partial charge is 0.381 e. The Morgan fingerprint density at radius 3 is 2.64 bits per heavy atom. The van der Waals surface area contributed by atoms with E-state index in [1.807, 2.05) is 63.4 Å². The number of thiol groups is 1. The number of amides is 2. The summed E-state index contributed by atoms with van der Waals surface area (Å²) < 4.78 is 5.52. The zero-order valence-electron chi connectivity index (χ0n) is 23.2. The first-order chi connectivity index (χ1) is 18.9. The molecule has 2 aromatic carbocycles. The number of carbonyl (C=O) groups excluding carboxylic acids is 2. The van der Waals surface area contributed by atoms with Gasteiger partial charge in [-0.1, -0.05) is 55.3 Å². The number of hydrogen-bond acceptors (Lipinski definition) is 6. The number of benzene rings is 2. The zero-order valence-corrected chi connectivity index (χ0v) is 24.0. The Balaban J connectivity index is 1.85. The molecule has 0 bridgehead atoms. The predicted molar refractivity (Wildman–Crippen MR) is 163 cm³/mol. The number of terminal acetylenes is 1. The van der Waals surface area contributed by atoms with Crippen LogP contribution in [0.15, 0.2) is 52.4 Å². The predicted octanol–water partition coefficient (Wildman–Crippen LogP) is 4.29. The van der Waals surface area contributed by atoms with Gasteiger partial charge < -0.3 is 20.3 Å². The lowest BCUT2D eigenvalue weighted by molar-refractivity contribution is -0.138. The molecule has 7 nitrogen and oxygen atoms in total. The molecule has 2 aromatic rings. The van der Waals surface area contributed by atoms with E-state index < -0.39 is 6.04 Å². The monoisotopic (exact) mass is 548 g/mol. The highest BCUT2D eigenvalue weighted by Gasteiger charge is 2.34. The lowest BCUT2D eigenvalue weighted by atomic mass is 9.90. The van der Waals surface area contributed by atoms with Crippen molar-refractivity contribution in [3.05, 3.63) is 52.9 Å². The second kappa shape index (κ2) is 15.5. The third-order valence-corrected chi connectivity index (χ3v) is 7.38. The van der Waals surface area contributed by atoms with E-state index in [9.17, 15) is 9.59 Å². The van der Waals surface area contributed by atoms with E-state index in [-0.39, 0.29) is 30.3 Å². The highest BCUT2D eigenvalue weighted by Crippen LogP contribution is 2.29. The average Bonchev–Trinajstić information content (AvgIpc) is 2.97. The van der Waals surface area contributed by atoms with Crippen molar-refractivity contribution in [2.75, 3.05) is 33.4 Å². The molecule has 8 heteroatoms. The fraction of sp³-hybridized carbons (Fsp3) is 0.452. The van der Waals surface area contributed by atoms with Crippen molar-refractivity contribution in [1.82, 2.24) is 15.5 Å². The molecule has 1 unspecified atom stereocenters. The third-order valence-electron chi connectivity index (χ3n) is 7.04. The number of allylic oxidation sites excluding steroid dienone is 1. The van der Waals surface area contributed by atoms with E-state index in [2.05, 4.69) is 29.2 Å². The molecule has 0 aliphatic carbocycles. The van der Waals surface area contributed by atoms with Gasteiger partial charge in [0, 0.05) is 44.0 Å². The molecule has 1 heterocycles. The van der Waals surface area contributed by atoms with Crippen LogP contribution in [0.1, 0.15) is 45.1 Å². The SMILES string of the molecule is C#C/C(S)=C(/N=CCN(CCC)C(=O)C(NC(=O)C[C@H](C)NC)C1CCOCC1)c1cccc2ccccc12. The number of nitrogens with zero attached hydrogens (tertiary/aromatic N) is 2. The van der Waals surface area contributed by atoms with E-state index in [4.69, 9.17) is 16.2 Å². The highest BCUT2D eigenvalue weighted by atomic mass is 32.1. The van der Waals surface area contributed by atoms with E-state index in [0.717, 1.165) is 35.6 Å². The molecule has 1 aliphatic rings. The Labute approximate surface area is 237 Å². The van der Waals surface area contributed by atoms with Gasteiger partial charge in [-0.2, -0.15) is 0 Å². The van der Waals surface area contributed by atoms with Crippen LogP contribution in [-0.2, 0) is 14.3 Å². The molecule has 0 saturated carbocycles. The molecule has 0 aromatic heterocycles. The van der Waals surface area contributed by atoms with Crippen LogP contribution in [0, 0.1) is 18.3 Å². The molecule has 2 N–H and O–H groups in total. The van der Waals surface area contributed by atoms with Crippen LogP contribution in [0.5, 0.6) is 0 Å². The van der Waals surface area contributed by atoms with E-state index in [1.165, 1.54) is 0 Å². The van der Waals surface area contributed by atoms with Crippen molar-refractivity contribution < 1.29 is 14.3 Å². The molecule has 39 heavy (non-hydrogen) atoms. The van der Waals surface area contributed by atoms with Crippen LogP contribution in [-0.4, -0.2) is 68.4 Å². The molecule has 3 rings (SSSR count). The molecular formula is C31H40N4O3S. The van der Waals surface area contributed by atoms with E-state index in [0.29, 0.717) is 36.8 Å². The van der Waals surface area contributed by atoms with Crippen molar-refractivity contribution in [3.63, 3.8) is 0 Å². The lowest BCUT2D eigenvalue weighted by Gasteiger charge is -2.34. The molecule has 1 fully saturated rings. The zero-order chi connectivity index (χ0) is 28.2. The molecule has 2 amide bonds. The van der Waals surface area contributed by atoms with Gasteiger partial charge in [-0.25, -0.2) is 0 Å².